The molecule has 0 fully saturated rings. The lowest BCUT2D eigenvalue weighted by Gasteiger charge is -2.11. The minimum Gasteiger partial charge on any atom is -0.303 e. The number of rotatable bonds is 2. The van der Waals surface area contributed by atoms with E-state index in [1.807, 2.05) is 0 Å². The highest BCUT2D eigenvalue weighted by Crippen LogP contribution is 2.30. The molecule has 1 aromatic carbocycles. The summed E-state index contributed by atoms with van der Waals surface area (Å²) in [6.45, 7) is 0. The van der Waals surface area contributed by atoms with Crippen LogP contribution in [0.5, 0.6) is 0 Å². The highest BCUT2D eigenvalue weighted by Gasteiger charge is 2.33. The van der Waals surface area contributed by atoms with Crippen LogP contribution in [0.1, 0.15) is 5.69 Å². The minimum absolute atomic E-state index is 0.0838. The fraction of sp³-hybridized carbons (Fsp3) is 0.167. The molecule has 0 aliphatic carbocycles. The van der Waals surface area contributed by atoms with Gasteiger partial charge in [-0.1, -0.05) is 23.2 Å². The van der Waals surface area contributed by atoms with E-state index in [1.165, 1.54) is 6.26 Å². The van der Waals surface area contributed by atoms with Gasteiger partial charge in [-0.05, 0) is 12.1 Å². The fourth-order valence-electron chi connectivity index (χ4n) is 1.84. The van der Waals surface area contributed by atoms with Gasteiger partial charge in [-0.25, -0.2) is 9.36 Å². The van der Waals surface area contributed by atoms with Crippen molar-refractivity contribution < 1.29 is 17.4 Å². The second-order valence-electron chi connectivity index (χ2n) is 4.35. The molecule has 1 unspecified atom stereocenters. The van der Waals surface area contributed by atoms with Crippen molar-refractivity contribution in [2.24, 2.45) is 0 Å². The molecule has 0 aliphatic rings. The number of nitrogens with zero attached hydrogens (tertiary/aromatic N) is 1. The molecule has 1 aromatic heterocycles. The Morgan fingerprint density at radius 2 is 1.65 bits per heavy atom. The summed E-state index contributed by atoms with van der Waals surface area (Å²) in [5.41, 5.74) is -4.12. The van der Waals surface area contributed by atoms with Crippen molar-refractivity contribution in [1.82, 2.24) is 9.55 Å². The first kappa shape index (κ1) is 17.8. The van der Waals surface area contributed by atoms with Gasteiger partial charge in [0.1, 0.15) is 5.69 Å². The molecule has 0 aliphatic heterocycles. The normalized spacial score (nSPS) is 13.1. The summed E-state index contributed by atoms with van der Waals surface area (Å²) in [5, 5.41) is -0.168. The van der Waals surface area contributed by atoms with Crippen LogP contribution < -0.4 is 11.2 Å². The predicted molar refractivity (Wildman–Crippen MR) is 80.0 cm³/mol. The summed E-state index contributed by atoms with van der Waals surface area (Å²) in [4.78, 5) is 25.3. The van der Waals surface area contributed by atoms with Crippen LogP contribution in [0, 0.1) is 0 Å². The lowest BCUT2D eigenvalue weighted by molar-refractivity contribution is -0.141. The number of nitrogens with one attached hydrogen (secondary N) is 1. The summed E-state index contributed by atoms with van der Waals surface area (Å²) < 4.78 is 49.6. The number of hydrogen-bond donors (Lipinski definition) is 1. The fourth-order valence-corrected chi connectivity index (χ4v) is 3.64. The molecule has 0 bridgehead atoms. The SMILES string of the molecule is CS(=O)c1c(Cl)cc(-n2c(=O)cc(C(F)(F)F)[nH]c2=O)cc1Cl. The van der Waals surface area contributed by atoms with Crippen LogP contribution in [0.3, 0.4) is 0 Å². The number of hydrogen-bond acceptors (Lipinski definition) is 3. The first-order valence-corrected chi connectivity index (χ1v) is 8.10. The summed E-state index contributed by atoms with van der Waals surface area (Å²) in [6.07, 6.45) is -3.54. The van der Waals surface area contributed by atoms with Crippen LogP contribution in [0.25, 0.3) is 5.69 Å². The maximum Gasteiger partial charge on any atom is 0.431 e. The Kier molecular flexibility index (Phi) is 4.74. The maximum absolute atomic E-state index is 12.6. The summed E-state index contributed by atoms with van der Waals surface area (Å²) in [5.74, 6) is 0. The van der Waals surface area contributed by atoms with Crippen molar-refractivity contribution in [3.05, 3.63) is 54.8 Å². The topological polar surface area (TPSA) is 71.9 Å². The largest absolute Gasteiger partial charge is 0.431 e. The Hall–Kier alpha value is -1.58. The Morgan fingerprint density at radius 1 is 1.13 bits per heavy atom. The van der Waals surface area contributed by atoms with Crippen LogP contribution in [-0.4, -0.2) is 20.0 Å². The van der Waals surface area contributed by atoms with Gasteiger partial charge < -0.3 is 4.98 Å². The van der Waals surface area contributed by atoms with Gasteiger partial charge in [0.25, 0.3) is 5.56 Å². The molecule has 0 radical (unpaired) electrons. The number of H-pyrrole nitrogens is 1. The molecular weight excluding hydrogens is 380 g/mol. The second-order valence-corrected chi connectivity index (χ2v) is 6.48. The Labute approximate surface area is 139 Å². The van der Waals surface area contributed by atoms with Crippen LogP contribution in [-0.2, 0) is 17.0 Å². The van der Waals surface area contributed by atoms with Gasteiger partial charge in [0.2, 0.25) is 0 Å². The Morgan fingerprint density at radius 3 is 2.04 bits per heavy atom. The van der Waals surface area contributed by atoms with Gasteiger partial charge in [-0.15, -0.1) is 0 Å². The van der Waals surface area contributed by atoms with Crippen LogP contribution in [0.2, 0.25) is 10.0 Å². The monoisotopic (exact) mass is 386 g/mol. The third-order valence-electron chi connectivity index (χ3n) is 2.77. The van der Waals surface area contributed by atoms with Crippen LogP contribution >= 0.6 is 23.2 Å². The first-order valence-electron chi connectivity index (χ1n) is 5.79. The zero-order chi connectivity index (χ0) is 17.5. The van der Waals surface area contributed by atoms with E-state index in [1.54, 1.807) is 4.98 Å². The van der Waals surface area contributed by atoms with Gasteiger partial charge in [0.05, 0.1) is 31.4 Å². The molecule has 1 N–H and O–H groups in total. The summed E-state index contributed by atoms with van der Waals surface area (Å²) in [7, 11) is -1.53. The van der Waals surface area contributed by atoms with Crippen LogP contribution in [0.4, 0.5) is 13.2 Å². The quantitative estimate of drug-likeness (QED) is 0.861. The van der Waals surface area contributed by atoms with Gasteiger partial charge in [0, 0.05) is 12.3 Å². The highest BCUT2D eigenvalue weighted by atomic mass is 35.5. The van der Waals surface area contributed by atoms with Crippen molar-refractivity contribution in [3.8, 4) is 5.69 Å². The summed E-state index contributed by atoms with van der Waals surface area (Å²) >= 11 is 11.8. The van der Waals surface area contributed by atoms with E-state index < -0.39 is 33.9 Å². The highest BCUT2D eigenvalue weighted by molar-refractivity contribution is 7.84. The van der Waals surface area contributed by atoms with E-state index in [9.17, 15) is 27.0 Å². The zero-order valence-corrected chi connectivity index (χ0v) is 13.5. The molecular formula is C12H7Cl2F3N2O3S. The molecule has 2 rings (SSSR count). The molecule has 0 amide bonds. The summed E-state index contributed by atoms with van der Waals surface area (Å²) in [6, 6.07) is 2.48. The van der Waals surface area contributed by atoms with E-state index >= 15 is 0 Å². The van der Waals surface area contributed by atoms with E-state index in [0.717, 1.165) is 12.1 Å². The molecule has 1 heterocycles. The number of halogens is 5. The van der Waals surface area contributed by atoms with Crippen molar-refractivity contribution >= 4 is 34.0 Å². The Bertz CT molecular complexity index is 867. The number of alkyl halides is 3. The van der Waals surface area contributed by atoms with E-state index in [-0.39, 0.29) is 26.7 Å². The number of aromatic nitrogens is 2. The molecule has 124 valence electrons. The molecule has 1 atom stereocenters. The smallest absolute Gasteiger partial charge is 0.303 e. The maximum atomic E-state index is 12.6. The van der Waals surface area contributed by atoms with E-state index in [0.29, 0.717) is 4.57 Å². The average Bonchev–Trinajstić information content (AvgIpc) is 2.35. The zero-order valence-electron chi connectivity index (χ0n) is 11.2. The third-order valence-corrected chi connectivity index (χ3v) is 4.60. The molecule has 0 spiro atoms. The molecule has 0 saturated carbocycles. The van der Waals surface area contributed by atoms with Crippen LogP contribution in [0.15, 0.2) is 32.7 Å². The van der Waals surface area contributed by atoms with Gasteiger partial charge in [-0.2, -0.15) is 13.2 Å². The van der Waals surface area contributed by atoms with E-state index in [2.05, 4.69) is 0 Å². The van der Waals surface area contributed by atoms with E-state index in [4.69, 9.17) is 23.2 Å². The van der Waals surface area contributed by atoms with Crippen molar-refractivity contribution in [2.45, 2.75) is 11.1 Å². The molecule has 23 heavy (non-hydrogen) atoms. The lowest BCUT2D eigenvalue weighted by Crippen LogP contribution is -2.35. The number of aromatic amines is 1. The lowest BCUT2D eigenvalue weighted by atomic mass is 10.3. The Balaban J connectivity index is 2.72. The predicted octanol–water partition coefficient (Wildman–Crippen LogP) is 2.59. The number of benzene rings is 1. The van der Waals surface area contributed by atoms with Crippen molar-refractivity contribution in [2.75, 3.05) is 6.26 Å². The van der Waals surface area contributed by atoms with Gasteiger partial charge in [-0.3, -0.25) is 9.00 Å². The first-order chi connectivity index (χ1) is 10.5. The minimum atomic E-state index is -4.87. The second kappa shape index (κ2) is 6.14. The van der Waals surface area contributed by atoms with Gasteiger partial charge in [0.15, 0.2) is 0 Å². The molecule has 5 nitrogen and oxygen atoms in total. The molecule has 0 saturated heterocycles. The molecule has 11 heteroatoms. The molecule has 2 aromatic rings. The van der Waals surface area contributed by atoms with Crippen molar-refractivity contribution in [1.29, 1.82) is 0 Å². The standard InChI is InChI=1S/C12H7Cl2F3N2O3S/c1-23(22)10-6(13)2-5(3-7(10)14)19-9(20)4-8(12(15,16)17)18-11(19)21/h2-4H,1H3,(H,18,21). The van der Waals surface area contributed by atoms with Crippen molar-refractivity contribution in [3.63, 3.8) is 0 Å². The third kappa shape index (κ3) is 3.51. The van der Waals surface area contributed by atoms with Gasteiger partial charge >= 0.3 is 11.9 Å². The average molecular weight is 387 g/mol.